The summed E-state index contributed by atoms with van der Waals surface area (Å²) in [7, 11) is 0. The van der Waals surface area contributed by atoms with Crippen molar-refractivity contribution in [3.63, 3.8) is 0 Å². The van der Waals surface area contributed by atoms with Crippen molar-refractivity contribution in [2.45, 2.75) is 13.5 Å². The molecule has 0 spiro atoms. The van der Waals surface area contributed by atoms with E-state index in [-0.39, 0.29) is 5.69 Å². The molecular weight excluding hydrogens is 184 g/mol. The third-order valence-electron chi connectivity index (χ3n) is 1.56. The van der Waals surface area contributed by atoms with Crippen LogP contribution in [0.25, 0.3) is 0 Å². The lowest BCUT2D eigenvalue weighted by molar-refractivity contribution is -0.384. The van der Waals surface area contributed by atoms with Gasteiger partial charge in [-0.05, 0) is 24.6 Å². The summed E-state index contributed by atoms with van der Waals surface area (Å²) in [5.74, 6) is 0. The molecule has 0 aromatic heterocycles. The monoisotopic (exact) mass is 194 g/mol. The average Bonchev–Trinajstić information content (AvgIpc) is 2.19. The van der Waals surface area contributed by atoms with Crippen molar-refractivity contribution in [1.29, 1.82) is 0 Å². The van der Waals surface area contributed by atoms with Gasteiger partial charge in [0.15, 0.2) is 0 Å². The molecule has 0 aliphatic carbocycles. The van der Waals surface area contributed by atoms with Gasteiger partial charge in [0.05, 0.1) is 4.92 Å². The molecule has 5 nitrogen and oxygen atoms in total. The van der Waals surface area contributed by atoms with E-state index in [1.165, 1.54) is 18.3 Å². The lowest BCUT2D eigenvalue weighted by atomic mass is 10.2. The summed E-state index contributed by atoms with van der Waals surface area (Å²) < 4.78 is 0. The molecule has 0 unspecified atom stereocenters. The molecule has 74 valence electrons. The fourth-order valence-corrected chi connectivity index (χ4v) is 0.900. The highest BCUT2D eigenvalue weighted by Crippen LogP contribution is 2.12. The molecule has 5 heteroatoms. The molecule has 1 aromatic carbocycles. The van der Waals surface area contributed by atoms with E-state index < -0.39 is 4.92 Å². The summed E-state index contributed by atoms with van der Waals surface area (Å²) in [6.07, 6.45) is 1.53. The lowest BCUT2D eigenvalue weighted by Crippen LogP contribution is -1.90. The average molecular weight is 194 g/mol. The summed E-state index contributed by atoms with van der Waals surface area (Å²) >= 11 is 0. The Kier molecular flexibility index (Phi) is 3.60. The van der Waals surface area contributed by atoms with Crippen LogP contribution in [0.15, 0.2) is 29.4 Å². The highest BCUT2D eigenvalue weighted by Gasteiger charge is 2.03. The van der Waals surface area contributed by atoms with Crippen LogP contribution in [0.3, 0.4) is 0 Å². The lowest BCUT2D eigenvalue weighted by Gasteiger charge is -1.98. The fraction of sp³-hybridized carbons (Fsp3) is 0.222. The second kappa shape index (κ2) is 4.96. The quantitative estimate of drug-likeness (QED) is 0.419. The number of oxime groups is 1. The summed E-state index contributed by atoms with van der Waals surface area (Å²) in [6, 6.07) is 6.16. The normalized spacial score (nSPS) is 10.4. The molecule has 0 radical (unpaired) electrons. The van der Waals surface area contributed by atoms with E-state index in [2.05, 4.69) is 5.16 Å². The minimum atomic E-state index is -0.436. The van der Waals surface area contributed by atoms with Gasteiger partial charge in [-0.25, -0.2) is 0 Å². The van der Waals surface area contributed by atoms with E-state index in [9.17, 15) is 10.1 Å². The smallest absolute Gasteiger partial charge is 0.269 e. The predicted molar refractivity (Wildman–Crippen MR) is 52.1 cm³/mol. The molecule has 1 rings (SSSR count). The van der Waals surface area contributed by atoms with Gasteiger partial charge in [-0.15, -0.1) is 0 Å². The maximum Gasteiger partial charge on any atom is 0.269 e. The zero-order valence-electron chi connectivity index (χ0n) is 7.71. The Morgan fingerprint density at radius 1 is 1.50 bits per heavy atom. The zero-order chi connectivity index (χ0) is 10.4. The number of benzene rings is 1. The molecule has 0 saturated heterocycles. The Hall–Kier alpha value is -1.91. The minimum Gasteiger partial charge on any atom is -0.391 e. The van der Waals surface area contributed by atoms with Gasteiger partial charge in [0.2, 0.25) is 0 Å². The van der Waals surface area contributed by atoms with E-state index in [1.54, 1.807) is 19.1 Å². The van der Waals surface area contributed by atoms with E-state index in [4.69, 9.17) is 4.84 Å². The predicted octanol–water partition coefficient (Wildman–Crippen LogP) is 2.12. The molecule has 0 N–H and O–H groups in total. The highest BCUT2D eigenvalue weighted by molar-refractivity contribution is 5.52. The molecule has 0 aliphatic rings. The van der Waals surface area contributed by atoms with Crippen LogP contribution in [0.1, 0.15) is 12.5 Å². The third kappa shape index (κ3) is 2.85. The Morgan fingerprint density at radius 2 is 2.14 bits per heavy atom. The van der Waals surface area contributed by atoms with E-state index in [0.29, 0.717) is 6.61 Å². The van der Waals surface area contributed by atoms with Crippen molar-refractivity contribution >= 4 is 11.9 Å². The molecule has 1 aromatic rings. The molecule has 0 fully saturated rings. The van der Waals surface area contributed by atoms with E-state index in [0.717, 1.165) is 5.56 Å². The minimum absolute atomic E-state index is 0.0766. The van der Waals surface area contributed by atoms with Gasteiger partial charge in [0.25, 0.3) is 5.69 Å². The number of non-ortho nitro benzene ring substituents is 1. The second-order valence-corrected chi connectivity index (χ2v) is 2.56. The first-order valence-corrected chi connectivity index (χ1v) is 4.07. The Balaban J connectivity index is 2.59. The van der Waals surface area contributed by atoms with Crippen molar-refractivity contribution in [3.05, 3.63) is 39.9 Å². The third-order valence-corrected chi connectivity index (χ3v) is 1.56. The van der Waals surface area contributed by atoms with E-state index in [1.807, 2.05) is 0 Å². The van der Waals surface area contributed by atoms with Gasteiger partial charge in [-0.2, -0.15) is 0 Å². The van der Waals surface area contributed by atoms with Gasteiger partial charge < -0.3 is 4.84 Å². The first-order valence-electron chi connectivity index (χ1n) is 4.07. The van der Waals surface area contributed by atoms with Gasteiger partial charge in [0, 0.05) is 18.3 Å². The van der Waals surface area contributed by atoms with Crippen molar-refractivity contribution < 1.29 is 9.76 Å². The molecule has 0 aliphatic heterocycles. The standard InChI is InChI=1S/C9H10N2O3/c1-2-10-14-7-8-3-5-9(6-4-8)11(12)13/h2-6H,7H2,1H3. The molecule has 0 saturated carbocycles. The van der Waals surface area contributed by atoms with Gasteiger partial charge in [0.1, 0.15) is 6.61 Å². The van der Waals surface area contributed by atoms with Crippen molar-refractivity contribution in [2.24, 2.45) is 5.16 Å². The molecule has 14 heavy (non-hydrogen) atoms. The van der Waals surface area contributed by atoms with Crippen LogP contribution >= 0.6 is 0 Å². The topological polar surface area (TPSA) is 64.7 Å². The maximum absolute atomic E-state index is 10.3. The number of nitrogens with zero attached hydrogens (tertiary/aromatic N) is 2. The first kappa shape index (κ1) is 10.2. The maximum atomic E-state index is 10.3. The van der Waals surface area contributed by atoms with Crippen LogP contribution in [0.2, 0.25) is 0 Å². The van der Waals surface area contributed by atoms with Crippen LogP contribution in [0.5, 0.6) is 0 Å². The zero-order valence-corrected chi connectivity index (χ0v) is 7.71. The molecule has 0 bridgehead atoms. The molecular formula is C9H10N2O3. The Bertz CT molecular complexity index is 332. The number of hydrogen-bond acceptors (Lipinski definition) is 4. The van der Waals surface area contributed by atoms with Crippen LogP contribution in [-0.4, -0.2) is 11.1 Å². The van der Waals surface area contributed by atoms with Crippen LogP contribution in [-0.2, 0) is 11.4 Å². The van der Waals surface area contributed by atoms with Gasteiger partial charge in [-0.3, -0.25) is 10.1 Å². The molecule has 0 atom stereocenters. The highest BCUT2D eigenvalue weighted by atomic mass is 16.6. The van der Waals surface area contributed by atoms with Crippen LogP contribution in [0, 0.1) is 10.1 Å². The second-order valence-electron chi connectivity index (χ2n) is 2.56. The number of rotatable bonds is 4. The number of nitro benzene ring substituents is 1. The summed E-state index contributed by atoms with van der Waals surface area (Å²) in [5.41, 5.74) is 0.925. The van der Waals surface area contributed by atoms with Gasteiger partial charge >= 0.3 is 0 Å². The molecule has 0 amide bonds. The largest absolute Gasteiger partial charge is 0.391 e. The Morgan fingerprint density at radius 3 is 2.64 bits per heavy atom. The SMILES string of the molecule is CC=NOCc1ccc([N+](=O)[O-])cc1. The van der Waals surface area contributed by atoms with Crippen LogP contribution in [0.4, 0.5) is 5.69 Å². The number of nitro groups is 1. The van der Waals surface area contributed by atoms with Crippen molar-refractivity contribution in [3.8, 4) is 0 Å². The van der Waals surface area contributed by atoms with Crippen molar-refractivity contribution in [1.82, 2.24) is 0 Å². The number of hydrogen-bond donors (Lipinski definition) is 0. The fourth-order valence-electron chi connectivity index (χ4n) is 0.900. The summed E-state index contributed by atoms with van der Waals surface area (Å²) in [4.78, 5) is 14.8. The summed E-state index contributed by atoms with van der Waals surface area (Å²) in [5, 5.41) is 13.9. The van der Waals surface area contributed by atoms with E-state index >= 15 is 0 Å². The Labute approximate surface area is 81.1 Å². The van der Waals surface area contributed by atoms with Crippen molar-refractivity contribution in [2.75, 3.05) is 0 Å². The van der Waals surface area contributed by atoms with Gasteiger partial charge in [-0.1, -0.05) is 5.16 Å². The first-order chi connectivity index (χ1) is 6.74. The summed E-state index contributed by atoms with van der Waals surface area (Å²) in [6.45, 7) is 2.07. The molecule has 0 heterocycles. The van der Waals surface area contributed by atoms with Crippen LogP contribution < -0.4 is 0 Å².